The SMILES string of the molecule is COc1ccccc1CN(C(=O)c1cocn1)C(C(=O)NCCc1cccc(F)c1)c1cccnc1. The molecule has 2 aromatic heterocycles. The number of nitrogens with zero attached hydrogens (tertiary/aromatic N) is 3. The van der Waals surface area contributed by atoms with E-state index in [1.165, 1.54) is 23.3 Å². The van der Waals surface area contributed by atoms with Gasteiger partial charge in [0.2, 0.25) is 5.91 Å². The number of aromatic nitrogens is 2. The molecule has 2 heterocycles. The van der Waals surface area contributed by atoms with Gasteiger partial charge in [0, 0.05) is 30.1 Å². The van der Waals surface area contributed by atoms with Crippen LogP contribution < -0.4 is 10.1 Å². The summed E-state index contributed by atoms with van der Waals surface area (Å²) in [5.41, 5.74) is 2.04. The van der Waals surface area contributed by atoms with Crippen molar-refractivity contribution in [2.45, 2.75) is 19.0 Å². The fourth-order valence-electron chi connectivity index (χ4n) is 3.89. The summed E-state index contributed by atoms with van der Waals surface area (Å²) in [5, 5.41) is 2.89. The summed E-state index contributed by atoms with van der Waals surface area (Å²) in [6.45, 7) is 0.312. The fourth-order valence-corrected chi connectivity index (χ4v) is 3.89. The molecule has 4 aromatic rings. The maximum absolute atomic E-state index is 13.6. The van der Waals surface area contributed by atoms with Crippen molar-refractivity contribution in [3.8, 4) is 5.75 Å². The Balaban J connectivity index is 1.65. The highest BCUT2D eigenvalue weighted by Gasteiger charge is 2.34. The number of hydrogen-bond donors (Lipinski definition) is 1. The second-order valence-electron chi connectivity index (χ2n) is 7.98. The molecule has 0 bridgehead atoms. The molecule has 0 saturated carbocycles. The summed E-state index contributed by atoms with van der Waals surface area (Å²) in [6.07, 6.45) is 5.95. The Kier molecular flexibility index (Phi) is 8.02. The average molecular weight is 489 g/mol. The predicted molar refractivity (Wildman–Crippen MR) is 129 cm³/mol. The minimum absolute atomic E-state index is 0.0614. The second-order valence-corrected chi connectivity index (χ2v) is 7.98. The average Bonchev–Trinajstić information content (AvgIpc) is 3.44. The van der Waals surface area contributed by atoms with Crippen molar-refractivity contribution in [2.75, 3.05) is 13.7 Å². The first kappa shape index (κ1) is 24.6. The number of benzene rings is 2. The molecule has 0 aliphatic heterocycles. The molecule has 0 fully saturated rings. The Morgan fingerprint density at radius 2 is 2.00 bits per heavy atom. The van der Waals surface area contributed by atoms with Crippen LogP contribution in [0, 0.1) is 5.82 Å². The first-order valence-corrected chi connectivity index (χ1v) is 11.3. The summed E-state index contributed by atoms with van der Waals surface area (Å²) in [7, 11) is 1.54. The molecule has 184 valence electrons. The number of carbonyl (C=O) groups is 2. The molecule has 2 aromatic carbocycles. The van der Waals surface area contributed by atoms with Crippen LogP contribution in [0.3, 0.4) is 0 Å². The van der Waals surface area contributed by atoms with Gasteiger partial charge in [-0.2, -0.15) is 0 Å². The van der Waals surface area contributed by atoms with Gasteiger partial charge in [-0.05, 0) is 36.2 Å². The van der Waals surface area contributed by atoms with Gasteiger partial charge >= 0.3 is 0 Å². The van der Waals surface area contributed by atoms with Crippen LogP contribution in [0.1, 0.15) is 33.2 Å². The number of para-hydroxylation sites is 1. The van der Waals surface area contributed by atoms with Crippen molar-refractivity contribution in [2.24, 2.45) is 0 Å². The van der Waals surface area contributed by atoms with Crippen LogP contribution in [-0.2, 0) is 17.8 Å². The lowest BCUT2D eigenvalue weighted by atomic mass is 10.0. The van der Waals surface area contributed by atoms with Gasteiger partial charge in [0.25, 0.3) is 5.91 Å². The van der Waals surface area contributed by atoms with Crippen molar-refractivity contribution in [3.05, 3.63) is 114 Å². The molecule has 9 heteroatoms. The van der Waals surface area contributed by atoms with Gasteiger partial charge in [-0.1, -0.05) is 36.4 Å². The molecule has 0 aliphatic rings. The van der Waals surface area contributed by atoms with Crippen LogP contribution >= 0.6 is 0 Å². The summed E-state index contributed by atoms with van der Waals surface area (Å²) in [4.78, 5) is 36.7. The standard InChI is InChI=1S/C27H25FN4O4/c1-35-24-10-3-2-7-21(24)16-32(27(34)23-17-36-18-31-23)25(20-8-5-12-29-15-20)26(33)30-13-11-19-6-4-9-22(28)14-19/h2-10,12,14-15,17-18,25H,11,13,16H2,1H3,(H,30,33). The fraction of sp³-hybridized carbons (Fsp3) is 0.185. The van der Waals surface area contributed by atoms with Gasteiger partial charge in [0.05, 0.1) is 13.7 Å². The van der Waals surface area contributed by atoms with E-state index in [0.717, 1.165) is 12.0 Å². The van der Waals surface area contributed by atoms with Gasteiger partial charge in [0.1, 0.15) is 23.9 Å². The van der Waals surface area contributed by atoms with Crippen LogP contribution in [0.2, 0.25) is 0 Å². The Hall–Kier alpha value is -4.53. The van der Waals surface area contributed by atoms with E-state index in [1.807, 2.05) is 18.2 Å². The van der Waals surface area contributed by atoms with E-state index >= 15 is 0 Å². The molecule has 36 heavy (non-hydrogen) atoms. The van der Waals surface area contributed by atoms with E-state index in [4.69, 9.17) is 9.15 Å². The maximum atomic E-state index is 13.6. The number of rotatable bonds is 10. The van der Waals surface area contributed by atoms with E-state index in [2.05, 4.69) is 15.3 Å². The number of pyridine rings is 1. The molecular formula is C27H25FN4O4. The van der Waals surface area contributed by atoms with E-state index in [0.29, 0.717) is 23.3 Å². The van der Waals surface area contributed by atoms with Gasteiger partial charge in [-0.3, -0.25) is 14.6 Å². The van der Waals surface area contributed by atoms with Crippen molar-refractivity contribution >= 4 is 11.8 Å². The summed E-state index contributed by atoms with van der Waals surface area (Å²) in [6, 6.07) is 15.9. The first-order valence-electron chi connectivity index (χ1n) is 11.3. The molecule has 0 aliphatic carbocycles. The lowest BCUT2D eigenvalue weighted by Crippen LogP contribution is -2.44. The number of amides is 2. The number of ether oxygens (including phenoxy) is 1. The Bertz CT molecular complexity index is 1300. The quantitative estimate of drug-likeness (QED) is 0.363. The zero-order valence-corrected chi connectivity index (χ0v) is 19.6. The molecule has 0 spiro atoms. The molecule has 0 saturated heterocycles. The number of carbonyl (C=O) groups excluding carboxylic acids is 2. The van der Waals surface area contributed by atoms with Crippen molar-refractivity contribution in [1.29, 1.82) is 0 Å². The number of halogens is 1. The summed E-state index contributed by atoms with van der Waals surface area (Å²) < 4.78 is 24.0. The van der Waals surface area contributed by atoms with E-state index < -0.39 is 17.9 Å². The molecule has 8 nitrogen and oxygen atoms in total. The molecule has 4 rings (SSSR count). The smallest absolute Gasteiger partial charge is 0.277 e. The maximum Gasteiger partial charge on any atom is 0.277 e. The monoisotopic (exact) mass is 488 g/mol. The van der Waals surface area contributed by atoms with Gasteiger partial charge < -0.3 is 19.4 Å². The summed E-state index contributed by atoms with van der Waals surface area (Å²) >= 11 is 0. The third-order valence-corrected chi connectivity index (χ3v) is 5.61. The highest BCUT2D eigenvalue weighted by molar-refractivity contribution is 5.96. The van der Waals surface area contributed by atoms with Gasteiger partial charge in [-0.25, -0.2) is 9.37 Å². The molecule has 2 amide bonds. The summed E-state index contributed by atoms with van der Waals surface area (Å²) in [5.74, 6) is -0.671. The highest BCUT2D eigenvalue weighted by Crippen LogP contribution is 2.28. The van der Waals surface area contributed by atoms with E-state index in [1.54, 1.807) is 49.8 Å². The van der Waals surface area contributed by atoms with Crippen LogP contribution in [0.25, 0.3) is 0 Å². The second kappa shape index (κ2) is 11.7. The zero-order chi connectivity index (χ0) is 25.3. The molecule has 1 N–H and O–H groups in total. The lowest BCUT2D eigenvalue weighted by Gasteiger charge is -2.31. The highest BCUT2D eigenvalue weighted by atomic mass is 19.1. The van der Waals surface area contributed by atoms with Gasteiger partial charge in [-0.15, -0.1) is 0 Å². The minimum Gasteiger partial charge on any atom is -0.496 e. The Morgan fingerprint density at radius 3 is 2.72 bits per heavy atom. The third kappa shape index (κ3) is 5.93. The van der Waals surface area contributed by atoms with Crippen LogP contribution in [0.5, 0.6) is 5.75 Å². The Labute approximate surface area is 207 Å². The largest absolute Gasteiger partial charge is 0.496 e. The lowest BCUT2D eigenvalue weighted by molar-refractivity contribution is -0.126. The van der Waals surface area contributed by atoms with Crippen molar-refractivity contribution in [3.63, 3.8) is 0 Å². The van der Waals surface area contributed by atoms with Crippen LogP contribution in [-0.4, -0.2) is 40.3 Å². The topological polar surface area (TPSA) is 97.6 Å². The van der Waals surface area contributed by atoms with E-state index in [9.17, 15) is 14.0 Å². The first-order chi connectivity index (χ1) is 17.6. The van der Waals surface area contributed by atoms with Crippen LogP contribution in [0.15, 0.2) is 90.1 Å². The number of nitrogens with one attached hydrogen (secondary N) is 1. The predicted octanol–water partition coefficient (Wildman–Crippen LogP) is 3.96. The molecule has 0 radical (unpaired) electrons. The normalized spacial score (nSPS) is 11.5. The van der Waals surface area contributed by atoms with Crippen LogP contribution in [0.4, 0.5) is 4.39 Å². The molecule has 1 unspecified atom stereocenters. The third-order valence-electron chi connectivity index (χ3n) is 5.61. The van der Waals surface area contributed by atoms with Gasteiger partial charge in [0.15, 0.2) is 12.1 Å². The number of hydrogen-bond acceptors (Lipinski definition) is 6. The number of methoxy groups -OCH3 is 1. The number of oxazole rings is 1. The van der Waals surface area contributed by atoms with Crippen molar-refractivity contribution in [1.82, 2.24) is 20.2 Å². The molecular weight excluding hydrogens is 463 g/mol. The zero-order valence-electron chi connectivity index (χ0n) is 19.6. The Morgan fingerprint density at radius 1 is 1.14 bits per heavy atom. The van der Waals surface area contributed by atoms with Crippen molar-refractivity contribution < 1.29 is 23.1 Å². The van der Waals surface area contributed by atoms with E-state index in [-0.39, 0.29) is 24.6 Å². The minimum atomic E-state index is -1.03. The molecule has 1 atom stereocenters.